The predicted molar refractivity (Wildman–Crippen MR) is 70.1 cm³/mol. The lowest BCUT2D eigenvalue weighted by molar-refractivity contribution is -0.131. The molecule has 3 heteroatoms. The van der Waals surface area contributed by atoms with Crippen LogP contribution in [0.1, 0.15) is 16.7 Å². The Balaban J connectivity index is 2.54. The van der Waals surface area contributed by atoms with Gasteiger partial charge in [0.2, 0.25) is 0 Å². The fourth-order valence-corrected chi connectivity index (χ4v) is 1.82. The Kier molecular flexibility index (Phi) is 3.11. The van der Waals surface area contributed by atoms with Crippen LogP contribution in [0.4, 0.5) is 0 Å². The van der Waals surface area contributed by atoms with Crippen LogP contribution < -0.4 is 0 Å². The minimum Gasteiger partial charge on any atom is -0.478 e. The van der Waals surface area contributed by atoms with E-state index in [4.69, 9.17) is 10.4 Å². The molecule has 0 aliphatic rings. The van der Waals surface area contributed by atoms with E-state index in [9.17, 15) is 4.79 Å². The summed E-state index contributed by atoms with van der Waals surface area (Å²) in [6.07, 6.45) is 2.63. The molecule has 0 bridgehead atoms. The fourth-order valence-electron chi connectivity index (χ4n) is 1.82. The van der Waals surface area contributed by atoms with Crippen LogP contribution in [0.2, 0.25) is 0 Å². The number of nitriles is 1. The summed E-state index contributed by atoms with van der Waals surface area (Å²) >= 11 is 0. The van der Waals surface area contributed by atoms with Crippen LogP contribution in [0.3, 0.4) is 0 Å². The van der Waals surface area contributed by atoms with Crippen molar-refractivity contribution in [1.82, 2.24) is 0 Å². The Labute approximate surface area is 105 Å². The molecule has 0 saturated heterocycles. The van der Waals surface area contributed by atoms with Crippen LogP contribution in [0.5, 0.6) is 0 Å². The van der Waals surface area contributed by atoms with E-state index < -0.39 is 5.97 Å². The lowest BCUT2D eigenvalue weighted by Gasteiger charge is -2.03. The molecule has 18 heavy (non-hydrogen) atoms. The normalized spacial score (nSPS) is 10.7. The highest BCUT2D eigenvalue weighted by Gasteiger charge is 2.01. The van der Waals surface area contributed by atoms with E-state index in [0.29, 0.717) is 5.56 Å². The molecule has 3 nitrogen and oxygen atoms in total. The first-order chi connectivity index (χ1) is 8.60. The molecular formula is C15H11NO2. The maximum atomic E-state index is 10.5. The van der Waals surface area contributed by atoms with Gasteiger partial charge in [-0.2, -0.15) is 5.26 Å². The third kappa shape index (κ3) is 2.38. The van der Waals surface area contributed by atoms with Gasteiger partial charge in [0.25, 0.3) is 0 Å². The molecule has 0 aliphatic heterocycles. The molecule has 0 heterocycles. The predicted octanol–water partition coefficient (Wildman–Crippen LogP) is 3.12. The number of benzene rings is 2. The minimum atomic E-state index is -0.975. The molecule has 1 N–H and O–H groups in total. The van der Waals surface area contributed by atoms with Crippen molar-refractivity contribution in [2.24, 2.45) is 0 Å². The first kappa shape index (κ1) is 11.9. The zero-order valence-electron chi connectivity index (χ0n) is 9.84. The summed E-state index contributed by atoms with van der Waals surface area (Å²) in [6, 6.07) is 11.6. The van der Waals surface area contributed by atoms with Gasteiger partial charge in [0, 0.05) is 6.08 Å². The number of aliphatic carboxylic acids is 1. The number of aryl methyl sites for hydroxylation is 1. The van der Waals surface area contributed by atoms with E-state index in [1.54, 1.807) is 0 Å². The Hall–Kier alpha value is -2.60. The number of hydrogen-bond donors (Lipinski definition) is 1. The molecule has 0 fully saturated rings. The average Bonchev–Trinajstić information content (AvgIpc) is 2.35. The van der Waals surface area contributed by atoms with Crippen LogP contribution in [-0.4, -0.2) is 11.1 Å². The van der Waals surface area contributed by atoms with Gasteiger partial charge in [0.1, 0.15) is 0 Å². The topological polar surface area (TPSA) is 61.1 Å². The number of carbonyl (C=O) groups is 1. The van der Waals surface area contributed by atoms with E-state index in [2.05, 4.69) is 6.07 Å². The van der Waals surface area contributed by atoms with Crippen LogP contribution in [0.15, 0.2) is 36.4 Å². The summed E-state index contributed by atoms with van der Waals surface area (Å²) in [7, 11) is 0. The Morgan fingerprint density at radius 3 is 2.72 bits per heavy atom. The van der Waals surface area contributed by atoms with Crippen molar-refractivity contribution in [1.29, 1.82) is 5.26 Å². The molecule has 0 aliphatic carbocycles. The molecule has 2 aromatic carbocycles. The summed E-state index contributed by atoms with van der Waals surface area (Å²) in [5, 5.41) is 19.5. The molecule has 88 valence electrons. The zero-order chi connectivity index (χ0) is 13.1. The highest BCUT2D eigenvalue weighted by atomic mass is 16.4. The second kappa shape index (κ2) is 4.72. The largest absolute Gasteiger partial charge is 0.478 e. The zero-order valence-corrected chi connectivity index (χ0v) is 9.84. The van der Waals surface area contributed by atoms with Crippen molar-refractivity contribution in [3.63, 3.8) is 0 Å². The summed E-state index contributed by atoms with van der Waals surface area (Å²) in [5.41, 5.74) is 2.39. The smallest absolute Gasteiger partial charge is 0.328 e. The first-order valence-electron chi connectivity index (χ1n) is 5.45. The van der Waals surface area contributed by atoms with Crippen LogP contribution in [0.25, 0.3) is 16.8 Å². The summed E-state index contributed by atoms with van der Waals surface area (Å²) in [4.78, 5) is 10.5. The van der Waals surface area contributed by atoms with Gasteiger partial charge < -0.3 is 5.11 Å². The second-order valence-electron chi connectivity index (χ2n) is 4.06. The van der Waals surface area contributed by atoms with Gasteiger partial charge in [-0.25, -0.2) is 4.79 Å². The standard InChI is InChI=1S/C15H11NO2/c1-10-6-12-4-2-11(3-5-15(17)18)7-13(12)8-14(10)9-16/h2-8H,1H3,(H,17,18)/b5-3+. The van der Waals surface area contributed by atoms with Crippen LogP contribution >= 0.6 is 0 Å². The lowest BCUT2D eigenvalue weighted by Crippen LogP contribution is -1.86. The highest BCUT2D eigenvalue weighted by molar-refractivity contribution is 5.89. The first-order valence-corrected chi connectivity index (χ1v) is 5.45. The number of carboxylic acid groups (broad SMARTS) is 1. The third-order valence-electron chi connectivity index (χ3n) is 2.75. The van der Waals surface area contributed by atoms with Gasteiger partial charge in [-0.05, 0) is 47.0 Å². The van der Waals surface area contributed by atoms with Gasteiger partial charge in [-0.3, -0.25) is 0 Å². The summed E-state index contributed by atoms with van der Waals surface area (Å²) in [6.45, 7) is 1.90. The third-order valence-corrected chi connectivity index (χ3v) is 2.75. The van der Waals surface area contributed by atoms with Crippen LogP contribution in [-0.2, 0) is 4.79 Å². The monoisotopic (exact) mass is 237 g/mol. The summed E-state index contributed by atoms with van der Waals surface area (Å²) < 4.78 is 0. The molecule has 0 saturated carbocycles. The Morgan fingerprint density at radius 1 is 1.28 bits per heavy atom. The van der Waals surface area contributed by atoms with Crippen molar-refractivity contribution >= 4 is 22.8 Å². The maximum Gasteiger partial charge on any atom is 0.328 e. The second-order valence-corrected chi connectivity index (χ2v) is 4.06. The Bertz CT molecular complexity index is 693. The number of nitrogens with zero attached hydrogens (tertiary/aromatic N) is 1. The number of fused-ring (bicyclic) bond motifs is 1. The molecular weight excluding hydrogens is 226 g/mol. The quantitative estimate of drug-likeness (QED) is 0.816. The molecule has 0 radical (unpaired) electrons. The van der Waals surface area contributed by atoms with Gasteiger partial charge >= 0.3 is 5.97 Å². The van der Waals surface area contributed by atoms with Crippen molar-refractivity contribution in [2.45, 2.75) is 6.92 Å². The maximum absolute atomic E-state index is 10.5. The van der Waals surface area contributed by atoms with E-state index >= 15 is 0 Å². The summed E-state index contributed by atoms with van der Waals surface area (Å²) in [5.74, 6) is -0.975. The van der Waals surface area contributed by atoms with Gasteiger partial charge in [-0.1, -0.05) is 18.2 Å². The average molecular weight is 237 g/mol. The molecule has 2 rings (SSSR count). The SMILES string of the molecule is Cc1cc2ccc(/C=C/C(=O)O)cc2cc1C#N. The lowest BCUT2D eigenvalue weighted by atomic mass is 10.0. The van der Waals surface area contributed by atoms with E-state index in [-0.39, 0.29) is 0 Å². The molecule has 0 spiro atoms. The van der Waals surface area contributed by atoms with Crippen molar-refractivity contribution < 1.29 is 9.90 Å². The van der Waals surface area contributed by atoms with Crippen LogP contribution in [0, 0.1) is 18.3 Å². The van der Waals surface area contributed by atoms with Gasteiger partial charge in [0.05, 0.1) is 11.6 Å². The minimum absolute atomic E-state index is 0.641. The number of rotatable bonds is 2. The number of hydrogen-bond acceptors (Lipinski definition) is 2. The molecule has 0 atom stereocenters. The van der Waals surface area contributed by atoms with E-state index in [0.717, 1.165) is 28.0 Å². The molecule has 0 unspecified atom stereocenters. The van der Waals surface area contributed by atoms with E-state index in [1.807, 2.05) is 37.3 Å². The van der Waals surface area contributed by atoms with Crippen molar-refractivity contribution in [2.75, 3.05) is 0 Å². The van der Waals surface area contributed by atoms with Gasteiger partial charge in [-0.15, -0.1) is 0 Å². The van der Waals surface area contributed by atoms with Gasteiger partial charge in [0.15, 0.2) is 0 Å². The highest BCUT2D eigenvalue weighted by Crippen LogP contribution is 2.21. The van der Waals surface area contributed by atoms with Crippen molar-refractivity contribution in [3.8, 4) is 6.07 Å². The van der Waals surface area contributed by atoms with E-state index in [1.165, 1.54) is 6.08 Å². The molecule has 2 aromatic rings. The van der Waals surface area contributed by atoms with Crippen molar-refractivity contribution in [3.05, 3.63) is 53.1 Å². The molecule has 0 amide bonds. The number of carboxylic acids is 1. The fraction of sp³-hybridized carbons (Fsp3) is 0.0667. The molecule has 0 aromatic heterocycles. The Morgan fingerprint density at radius 2 is 2.06 bits per heavy atom.